The Bertz CT molecular complexity index is 1370. The van der Waals surface area contributed by atoms with Crippen molar-refractivity contribution in [2.75, 3.05) is 23.1 Å². The second-order valence-electron chi connectivity index (χ2n) is 8.92. The van der Waals surface area contributed by atoms with Crippen LogP contribution in [0.1, 0.15) is 36.2 Å². The average molecular weight is 511 g/mol. The Balaban J connectivity index is 1.42. The van der Waals surface area contributed by atoms with Crippen molar-refractivity contribution in [2.45, 2.75) is 37.4 Å². The fourth-order valence-corrected chi connectivity index (χ4v) is 4.72. The number of benzene rings is 1. The fourth-order valence-electron chi connectivity index (χ4n) is 4.72. The van der Waals surface area contributed by atoms with Crippen molar-refractivity contribution >= 4 is 17.3 Å². The standard InChI is InChI=1S/C26H21F4N5O2/c27-21-6-5-18(13-23(21)37-11-7-17-4-1-2-10-32-17)35-16-34(24(36)25(35)8-3-9-25)19-12-20(26(28,29)30)22(14-31)33-15-19/h1-2,4-6,10,12-13,15H,3,7-9,11,16H2. The molecule has 1 amide bonds. The van der Waals surface area contributed by atoms with Gasteiger partial charge in [-0.3, -0.25) is 14.7 Å². The number of aromatic nitrogens is 2. The highest BCUT2D eigenvalue weighted by Gasteiger charge is 2.57. The molecule has 2 fully saturated rings. The normalized spacial score (nSPS) is 16.6. The van der Waals surface area contributed by atoms with Gasteiger partial charge in [-0.2, -0.15) is 18.4 Å². The summed E-state index contributed by atoms with van der Waals surface area (Å²) < 4.78 is 60.7. The van der Waals surface area contributed by atoms with Gasteiger partial charge in [0.15, 0.2) is 17.3 Å². The number of halogens is 4. The van der Waals surface area contributed by atoms with Crippen LogP contribution in [-0.2, 0) is 17.4 Å². The van der Waals surface area contributed by atoms with Gasteiger partial charge in [-0.15, -0.1) is 0 Å². The maximum atomic E-state index is 14.5. The van der Waals surface area contributed by atoms with Crippen LogP contribution >= 0.6 is 0 Å². The van der Waals surface area contributed by atoms with Crippen molar-refractivity contribution < 1.29 is 27.1 Å². The Morgan fingerprint density at radius 2 is 1.92 bits per heavy atom. The molecule has 190 valence electrons. The number of anilines is 2. The smallest absolute Gasteiger partial charge is 0.419 e. The number of alkyl halides is 3. The summed E-state index contributed by atoms with van der Waals surface area (Å²) in [4.78, 5) is 24.3. The summed E-state index contributed by atoms with van der Waals surface area (Å²) in [6.45, 7) is 0.132. The Morgan fingerprint density at radius 1 is 1.11 bits per heavy atom. The van der Waals surface area contributed by atoms with Gasteiger partial charge < -0.3 is 9.64 Å². The molecule has 1 saturated heterocycles. The van der Waals surface area contributed by atoms with E-state index in [1.165, 1.54) is 29.2 Å². The van der Waals surface area contributed by atoms with Crippen LogP contribution < -0.4 is 14.5 Å². The summed E-state index contributed by atoms with van der Waals surface area (Å²) >= 11 is 0. The number of hydrogen-bond acceptors (Lipinski definition) is 6. The summed E-state index contributed by atoms with van der Waals surface area (Å²) in [5, 5.41) is 9.04. The van der Waals surface area contributed by atoms with Gasteiger partial charge in [0.2, 0.25) is 0 Å². The zero-order valence-electron chi connectivity index (χ0n) is 19.5. The highest BCUT2D eigenvalue weighted by molar-refractivity contribution is 6.06. The number of rotatable bonds is 6. The summed E-state index contributed by atoms with van der Waals surface area (Å²) in [6.07, 6.45) is 0.200. The molecule has 2 aliphatic rings. The summed E-state index contributed by atoms with van der Waals surface area (Å²) in [5.74, 6) is -0.922. The summed E-state index contributed by atoms with van der Waals surface area (Å²) in [5.41, 5.74) is -1.66. The number of carbonyl (C=O) groups excluding carboxylic acids is 1. The van der Waals surface area contributed by atoms with Crippen LogP contribution in [-0.4, -0.2) is 34.7 Å². The average Bonchev–Trinajstić information content (AvgIpc) is 3.18. The predicted octanol–water partition coefficient (Wildman–Crippen LogP) is 4.86. The number of amides is 1. The first-order valence-corrected chi connectivity index (χ1v) is 11.6. The van der Waals surface area contributed by atoms with Crippen LogP contribution in [0.25, 0.3) is 0 Å². The largest absolute Gasteiger partial charge is 0.490 e. The molecule has 37 heavy (non-hydrogen) atoms. The summed E-state index contributed by atoms with van der Waals surface area (Å²) in [6, 6.07) is 12.0. The van der Waals surface area contributed by atoms with E-state index in [4.69, 9.17) is 10.00 Å². The fraction of sp³-hybridized carbons (Fsp3) is 0.308. The number of ether oxygens (including phenoxy) is 1. The molecule has 3 aromatic rings. The number of carbonyl (C=O) groups is 1. The summed E-state index contributed by atoms with van der Waals surface area (Å²) in [7, 11) is 0. The predicted molar refractivity (Wildman–Crippen MR) is 125 cm³/mol. The van der Waals surface area contributed by atoms with E-state index in [-0.39, 0.29) is 30.6 Å². The molecule has 1 spiro atoms. The molecule has 1 saturated carbocycles. The molecule has 0 N–H and O–H groups in total. The zero-order chi connectivity index (χ0) is 26.2. The van der Waals surface area contributed by atoms with Gasteiger partial charge in [0.1, 0.15) is 11.6 Å². The molecular formula is C26H21F4N5O2. The minimum Gasteiger partial charge on any atom is -0.490 e. The number of nitrogens with zero attached hydrogens (tertiary/aromatic N) is 5. The SMILES string of the molecule is N#Cc1ncc(N2CN(c3ccc(F)c(OCCc4ccccn4)c3)C3(CCC3)C2=O)cc1C(F)(F)F. The molecule has 1 aromatic carbocycles. The van der Waals surface area contributed by atoms with Crippen LogP contribution in [0, 0.1) is 17.1 Å². The van der Waals surface area contributed by atoms with Gasteiger partial charge in [0.25, 0.3) is 5.91 Å². The maximum absolute atomic E-state index is 14.5. The van der Waals surface area contributed by atoms with Crippen LogP contribution in [0.3, 0.4) is 0 Å². The molecule has 1 aliphatic carbocycles. The third-order valence-corrected chi connectivity index (χ3v) is 6.79. The van der Waals surface area contributed by atoms with Crippen molar-refractivity contribution in [3.05, 3.63) is 77.6 Å². The van der Waals surface area contributed by atoms with Crippen molar-refractivity contribution in [3.8, 4) is 11.8 Å². The Hall–Kier alpha value is -4.20. The van der Waals surface area contributed by atoms with Gasteiger partial charge in [0.05, 0.1) is 30.7 Å². The van der Waals surface area contributed by atoms with Crippen molar-refractivity contribution in [3.63, 3.8) is 0 Å². The number of pyridine rings is 2. The molecule has 3 heterocycles. The molecule has 0 atom stereocenters. The van der Waals surface area contributed by atoms with Gasteiger partial charge in [-0.1, -0.05) is 6.07 Å². The van der Waals surface area contributed by atoms with Crippen molar-refractivity contribution in [1.82, 2.24) is 9.97 Å². The highest BCUT2D eigenvalue weighted by Crippen LogP contribution is 2.47. The lowest BCUT2D eigenvalue weighted by atomic mass is 9.75. The quantitative estimate of drug-likeness (QED) is 0.440. The van der Waals surface area contributed by atoms with Crippen LogP contribution in [0.4, 0.5) is 28.9 Å². The first kappa shape index (κ1) is 24.5. The Kier molecular flexibility index (Phi) is 6.19. The monoisotopic (exact) mass is 511 g/mol. The van der Waals surface area contributed by atoms with Crippen molar-refractivity contribution in [1.29, 1.82) is 5.26 Å². The Labute approximate surface area is 209 Å². The third-order valence-electron chi connectivity index (χ3n) is 6.79. The topological polar surface area (TPSA) is 82.3 Å². The number of hydrogen-bond donors (Lipinski definition) is 0. The van der Waals surface area contributed by atoms with E-state index >= 15 is 0 Å². The second-order valence-corrected chi connectivity index (χ2v) is 8.92. The minimum atomic E-state index is -4.80. The highest BCUT2D eigenvalue weighted by atomic mass is 19.4. The van der Waals surface area contributed by atoms with Gasteiger partial charge in [-0.05, 0) is 49.6 Å². The molecule has 5 rings (SSSR count). The van der Waals surface area contributed by atoms with Crippen molar-refractivity contribution in [2.24, 2.45) is 0 Å². The van der Waals surface area contributed by atoms with Gasteiger partial charge >= 0.3 is 6.18 Å². The van der Waals surface area contributed by atoms with E-state index in [1.54, 1.807) is 17.2 Å². The van der Waals surface area contributed by atoms with E-state index in [2.05, 4.69) is 9.97 Å². The van der Waals surface area contributed by atoms with E-state index in [0.717, 1.165) is 24.4 Å². The van der Waals surface area contributed by atoms with E-state index in [9.17, 15) is 22.4 Å². The lowest BCUT2D eigenvalue weighted by Gasteiger charge is -2.43. The molecule has 0 unspecified atom stereocenters. The first-order chi connectivity index (χ1) is 17.7. The molecule has 11 heteroatoms. The molecule has 7 nitrogen and oxygen atoms in total. The molecule has 1 aliphatic heterocycles. The second kappa shape index (κ2) is 9.35. The van der Waals surface area contributed by atoms with Gasteiger partial charge in [-0.25, -0.2) is 9.37 Å². The maximum Gasteiger partial charge on any atom is 0.419 e. The lowest BCUT2D eigenvalue weighted by molar-refractivity contribution is -0.138. The third kappa shape index (κ3) is 4.43. The molecule has 0 bridgehead atoms. The van der Waals surface area contributed by atoms with Gasteiger partial charge in [0, 0.05) is 30.1 Å². The first-order valence-electron chi connectivity index (χ1n) is 11.6. The molecule has 2 aromatic heterocycles. The van der Waals surface area contributed by atoms with Crippen LogP contribution in [0.5, 0.6) is 5.75 Å². The Morgan fingerprint density at radius 3 is 2.57 bits per heavy atom. The lowest BCUT2D eigenvalue weighted by Crippen LogP contribution is -2.54. The van der Waals surface area contributed by atoms with Crippen LogP contribution in [0.2, 0.25) is 0 Å². The molecule has 0 radical (unpaired) electrons. The zero-order valence-corrected chi connectivity index (χ0v) is 19.5. The number of nitriles is 1. The minimum absolute atomic E-state index is 0.00759. The molecular weight excluding hydrogens is 490 g/mol. The van der Waals surface area contributed by atoms with E-state index < -0.39 is 28.8 Å². The van der Waals surface area contributed by atoms with Crippen LogP contribution in [0.15, 0.2) is 54.9 Å². The van der Waals surface area contributed by atoms with E-state index in [1.807, 2.05) is 12.1 Å². The van der Waals surface area contributed by atoms with E-state index in [0.29, 0.717) is 24.9 Å².